The van der Waals surface area contributed by atoms with Crippen LogP contribution in [0.4, 0.5) is 14.5 Å². The number of anilines is 1. The van der Waals surface area contributed by atoms with Crippen LogP contribution in [0.1, 0.15) is 22.8 Å². The van der Waals surface area contributed by atoms with Gasteiger partial charge < -0.3 is 10.1 Å². The summed E-state index contributed by atoms with van der Waals surface area (Å²) in [7, 11) is 0. The second kappa shape index (κ2) is 8.53. The molecule has 0 aliphatic carbocycles. The zero-order valence-corrected chi connectivity index (χ0v) is 13.8. The van der Waals surface area contributed by atoms with Crippen LogP contribution in [0.5, 0.6) is 0 Å². The van der Waals surface area contributed by atoms with Gasteiger partial charge >= 0.3 is 5.97 Å². The number of hydrogen-bond donors (Lipinski definition) is 1. The van der Waals surface area contributed by atoms with Gasteiger partial charge in [0.2, 0.25) is 0 Å². The number of nitrogens with zero attached hydrogens (tertiary/aromatic N) is 1. The van der Waals surface area contributed by atoms with Gasteiger partial charge in [0.1, 0.15) is 11.6 Å². The molecule has 132 valence electrons. The molecule has 7 heteroatoms. The van der Waals surface area contributed by atoms with Gasteiger partial charge in [0, 0.05) is 5.69 Å². The number of hydrogen-bond acceptors (Lipinski definition) is 4. The molecule has 0 heterocycles. The number of carbonyl (C=O) groups is 2. The van der Waals surface area contributed by atoms with Crippen molar-refractivity contribution < 1.29 is 23.1 Å². The van der Waals surface area contributed by atoms with Crippen molar-refractivity contribution in [2.75, 3.05) is 11.9 Å². The summed E-state index contributed by atoms with van der Waals surface area (Å²) in [6, 6.07) is 10.7. The Kier molecular flexibility index (Phi) is 6.17. The average molecular weight is 356 g/mol. The topological polar surface area (TPSA) is 79.2 Å². The third-order valence-corrected chi connectivity index (χ3v) is 3.27. The van der Waals surface area contributed by atoms with Gasteiger partial charge in [0.15, 0.2) is 11.6 Å². The van der Waals surface area contributed by atoms with Crippen LogP contribution < -0.4 is 5.32 Å². The van der Waals surface area contributed by atoms with E-state index in [4.69, 9.17) is 10.00 Å². The maximum Gasteiger partial charge on any atom is 0.338 e. The minimum absolute atomic E-state index is 0.174. The van der Waals surface area contributed by atoms with E-state index >= 15 is 0 Å². The summed E-state index contributed by atoms with van der Waals surface area (Å²) in [5, 5.41) is 11.6. The molecule has 0 spiro atoms. The third-order valence-electron chi connectivity index (χ3n) is 3.27. The highest BCUT2D eigenvalue weighted by Gasteiger charge is 2.12. The van der Waals surface area contributed by atoms with Crippen molar-refractivity contribution in [1.82, 2.24) is 0 Å². The number of nitrogens with one attached hydrogen (secondary N) is 1. The lowest BCUT2D eigenvalue weighted by atomic mass is 10.1. The van der Waals surface area contributed by atoms with E-state index in [9.17, 15) is 18.4 Å². The van der Waals surface area contributed by atoms with Crippen molar-refractivity contribution in [3.8, 4) is 6.07 Å². The van der Waals surface area contributed by atoms with Crippen LogP contribution in [-0.4, -0.2) is 18.5 Å². The number of esters is 1. The maximum atomic E-state index is 13.2. The summed E-state index contributed by atoms with van der Waals surface area (Å²) in [5.41, 5.74) is 0.566. The summed E-state index contributed by atoms with van der Waals surface area (Å²) < 4.78 is 31.0. The van der Waals surface area contributed by atoms with E-state index < -0.39 is 23.5 Å². The molecule has 0 aromatic heterocycles. The Labute approximate surface area is 148 Å². The lowest BCUT2D eigenvalue weighted by Crippen LogP contribution is -2.13. The second-order valence-electron chi connectivity index (χ2n) is 5.10. The quantitative estimate of drug-likeness (QED) is 0.503. The normalized spacial score (nSPS) is 10.8. The lowest BCUT2D eigenvalue weighted by Gasteiger charge is -2.06. The maximum absolute atomic E-state index is 13.2. The standard InChI is InChI=1S/C19H14F2N2O3/c1-2-26-19(25)13-4-6-15(7-5-13)23-18(24)14(11-22)9-12-3-8-16(20)17(21)10-12/h3-10H,2H2,1H3,(H,23,24)/b14-9-. The minimum Gasteiger partial charge on any atom is -0.462 e. The monoisotopic (exact) mass is 356 g/mol. The van der Waals surface area contributed by atoms with Crippen LogP contribution in [0.2, 0.25) is 0 Å². The molecule has 0 atom stereocenters. The smallest absolute Gasteiger partial charge is 0.338 e. The number of benzene rings is 2. The van der Waals surface area contributed by atoms with E-state index in [1.165, 1.54) is 30.3 Å². The Hall–Kier alpha value is -3.53. The molecule has 0 saturated carbocycles. The first-order valence-electron chi connectivity index (χ1n) is 7.60. The highest BCUT2D eigenvalue weighted by molar-refractivity contribution is 6.09. The Balaban J connectivity index is 2.14. The number of carbonyl (C=O) groups excluding carboxylic acids is 2. The van der Waals surface area contributed by atoms with Crippen LogP contribution >= 0.6 is 0 Å². The van der Waals surface area contributed by atoms with Crippen LogP contribution in [-0.2, 0) is 9.53 Å². The zero-order chi connectivity index (χ0) is 19.1. The van der Waals surface area contributed by atoms with Gasteiger partial charge in [-0.05, 0) is 55.0 Å². The van der Waals surface area contributed by atoms with Gasteiger partial charge in [-0.2, -0.15) is 5.26 Å². The Morgan fingerprint density at radius 2 is 1.85 bits per heavy atom. The largest absolute Gasteiger partial charge is 0.462 e. The third kappa shape index (κ3) is 4.74. The fraction of sp³-hybridized carbons (Fsp3) is 0.105. The Morgan fingerprint density at radius 3 is 2.42 bits per heavy atom. The van der Waals surface area contributed by atoms with Gasteiger partial charge in [-0.1, -0.05) is 6.07 Å². The molecule has 0 radical (unpaired) electrons. The summed E-state index contributed by atoms with van der Waals surface area (Å²) in [4.78, 5) is 23.7. The number of ether oxygens (including phenoxy) is 1. The van der Waals surface area contributed by atoms with E-state index in [1.807, 2.05) is 0 Å². The van der Waals surface area contributed by atoms with E-state index in [-0.39, 0.29) is 17.7 Å². The van der Waals surface area contributed by atoms with Crippen molar-refractivity contribution in [3.05, 3.63) is 70.8 Å². The fourth-order valence-corrected chi connectivity index (χ4v) is 2.02. The fourth-order valence-electron chi connectivity index (χ4n) is 2.02. The predicted molar refractivity (Wildman–Crippen MR) is 91.0 cm³/mol. The van der Waals surface area contributed by atoms with Crippen molar-refractivity contribution >= 4 is 23.6 Å². The molecular formula is C19H14F2N2O3. The minimum atomic E-state index is -1.08. The van der Waals surface area contributed by atoms with Gasteiger partial charge in [0.25, 0.3) is 5.91 Å². The number of amides is 1. The van der Waals surface area contributed by atoms with Gasteiger partial charge in [0.05, 0.1) is 12.2 Å². The molecule has 5 nitrogen and oxygen atoms in total. The first-order chi connectivity index (χ1) is 12.4. The van der Waals surface area contributed by atoms with Crippen molar-refractivity contribution in [2.45, 2.75) is 6.92 Å². The molecule has 0 bridgehead atoms. The molecule has 1 amide bonds. The second-order valence-corrected chi connectivity index (χ2v) is 5.10. The van der Waals surface area contributed by atoms with Crippen LogP contribution in [0.15, 0.2) is 48.0 Å². The molecule has 0 saturated heterocycles. The van der Waals surface area contributed by atoms with Gasteiger partial charge in [-0.25, -0.2) is 13.6 Å². The summed E-state index contributed by atoms with van der Waals surface area (Å²) in [6.07, 6.45) is 1.14. The molecule has 0 unspecified atom stereocenters. The van der Waals surface area contributed by atoms with E-state index in [1.54, 1.807) is 13.0 Å². The molecular weight excluding hydrogens is 342 g/mol. The Morgan fingerprint density at radius 1 is 1.15 bits per heavy atom. The van der Waals surface area contributed by atoms with Crippen molar-refractivity contribution in [2.24, 2.45) is 0 Å². The van der Waals surface area contributed by atoms with E-state index in [0.29, 0.717) is 11.3 Å². The number of rotatable bonds is 5. The van der Waals surface area contributed by atoms with E-state index in [0.717, 1.165) is 18.2 Å². The average Bonchev–Trinajstić information content (AvgIpc) is 2.63. The number of nitriles is 1. The predicted octanol–water partition coefficient (Wildman–Crippen LogP) is 3.69. The van der Waals surface area contributed by atoms with Crippen molar-refractivity contribution in [3.63, 3.8) is 0 Å². The Bertz CT molecular complexity index is 900. The zero-order valence-electron chi connectivity index (χ0n) is 13.8. The SMILES string of the molecule is CCOC(=O)c1ccc(NC(=O)/C(C#N)=C\c2ccc(F)c(F)c2)cc1. The van der Waals surface area contributed by atoms with Crippen LogP contribution in [0.3, 0.4) is 0 Å². The van der Waals surface area contributed by atoms with Crippen LogP contribution in [0.25, 0.3) is 6.08 Å². The highest BCUT2D eigenvalue weighted by atomic mass is 19.2. The molecule has 1 N–H and O–H groups in total. The highest BCUT2D eigenvalue weighted by Crippen LogP contribution is 2.15. The molecule has 0 aliphatic heterocycles. The van der Waals surface area contributed by atoms with Crippen LogP contribution in [0, 0.1) is 23.0 Å². The lowest BCUT2D eigenvalue weighted by molar-refractivity contribution is -0.112. The molecule has 0 aliphatic rings. The van der Waals surface area contributed by atoms with Gasteiger partial charge in [-0.15, -0.1) is 0 Å². The summed E-state index contributed by atoms with van der Waals surface area (Å²) >= 11 is 0. The van der Waals surface area contributed by atoms with E-state index in [2.05, 4.69) is 5.32 Å². The first-order valence-corrected chi connectivity index (χ1v) is 7.60. The summed E-state index contributed by atoms with van der Waals surface area (Å²) in [6.45, 7) is 1.94. The van der Waals surface area contributed by atoms with Gasteiger partial charge in [-0.3, -0.25) is 4.79 Å². The van der Waals surface area contributed by atoms with Crippen molar-refractivity contribution in [1.29, 1.82) is 5.26 Å². The molecule has 2 rings (SSSR count). The molecule has 2 aromatic carbocycles. The summed E-state index contributed by atoms with van der Waals surface area (Å²) in [5.74, 6) is -3.31. The first kappa shape index (κ1) is 18.8. The molecule has 26 heavy (non-hydrogen) atoms. The number of halogens is 2. The molecule has 2 aromatic rings. The molecule has 0 fully saturated rings.